The Balaban J connectivity index is 1.21. The average Bonchev–Trinajstić information content (AvgIpc) is 3.46. The van der Waals surface area contributed by atoms with E-state index in [9.17, 15) is 4.79 Å². The summed E-state index contributed by atoms with van der Waals surface area (Å²) in [5, 5.41) is 4.17. The smallest absolute Gasteiger partial charge is 0.310 e. The lowest BCUT2D eigenvalue weighted by Crippen LogP contribution is -2.24. The van der Waals surface area contributed by atoms with Crippen molar-refractivity contribution >= 4 is 5.97 Å². The highest BCUT2D eigenvalue weighted by Crippen LogP contribution is 2.61. The number of aromatic nitrogens is 2. The summed E-state index contributed by atoms with van der Waals surface area (Å²) in [5.74, 6) is 3.15. The van der Waals surface area contributed by atoms with Gasteiger partial charge in [0.25, 0.3) is 0 Å². The van der Waals surface area contributed by atoms with Gasteiger partial charge in [0.2, 0.25) is 11.7 Å². The Labute approximate surface area is 167 Å². The van der Waals surface area contributed by atoms with E-state index in [-0.39, 0.29) is 23.9 Å². The molecule has 2 aliphatic carbocycles. The summed E-state index contributed by atoms with van der Waals surface area (Å²) in [4.78, 5) is 16.9. The first-order chi connectivity index (χ1) is 14.2. The summed E-state index contributed by atoms with van der Waals surface area (Å²) < 4.78 is 17.0. The molecule has 2 bridgehead atoms. The van der Waals surface area contributed by atoms with E-state index >= 15 is 0 Å². The molecule has 6 nitrogen and oxygen atoms in total. The highest BCUT2D eigenvalue weighted by molar-refractivity contribution is 5.78. The van der Waals surface area contributed by atoms with E-state index in [1.54, 1.807) is 0 Å². The van der Waals surface area contributed by atoms with Crippen LogP contribution in [0.25, 0.3) is 11.4 Å². The molecule has 0 amide bonds. The molecular weight excluding hydrogens is 368 g/mol. The van der Waals surface area contributed by atoms with Crippen molar-refractivity contribution in [2.75, 3.05) is 0 Å². The molecule has 2 aromatic carbocycles. The molecule has 1 aromatic heterocycles. The van der Waals surface area contributed by atoms with Crippen LogP contribution in [0.2, 0.25) is 0 Å². The second-order valence-electron chi connectivity index (χ2n) is 8.32. The number of esters is 1. The summed E-state index contributed by atoms with van der Waals surface area (Å²) >= 11 is 0. The van der Waals surface area contributed by atoms with E-state index in [4.69, 9.17) is 14.0 Å². The number of benzene rings is 2. The summed E-state index contributed by atoms with van der Waals surface area (Å²) in [6.45, 7) is 2.04. The molecule has 0 N–H and O–H groups in total. The largest absolute Gasteiger partial charge is 0.462 e. The highest BCUT2D eigenvalue weighted by Gasteiger charge is 2.63. The van der Waals surface area contributed by atoms with Crippen LogP contribution < -0.4 is 4.74 Å². The zero-order valence-electron chi connectivity index (χ0n) is 15.9. The molecule has 0 spiro atoms. The number of aryl methyl sites for hydroxylation is 1. The molecule has 5 atom stereocenters. The van der Waals surface area contributed by atoms with E-state index < -0.39 is 0 Å². The van der Waals surface area contributed by atoms with Crippen molar-refractivity contribution in [2.24, 2.45) is 17.8 Å². The van der Waals surface area contributed by atoms with Crippen molar-refractivity contribution in [1.82, 2.24) is 10.1 Å². The molecule has 3 aliphatic rings. The van der Waals surface area contributed by atoms with Crippen LogP contribution in [-0.4, -0.2) is 22.2 Å². The summed E-state index contributed by atoms with van der Waals surface area (Å²) in [5.41, 5.74) is 2.05. The highest BCUT2D eigenvalue weighted by atomic mass is 16.6. The summed E-state index contributed by atoms with van der Waals surface area (Å²) in [6, 6.07) is 15.5. The zero-order chi connectivity index (χ0) is 19.5. The maximum absolute atomic E-state index is 12.2. The molecule has 6 rings (SSSR count). The van der Waals surface area contributed by atoms with Gasteiger partial charge in [-0.2, -0.15) is 4.98 Å². The lowest BCUT2D eigenvalue weighted by Gasteiger charge is -2.20. The fraction of sp³-hybridized carbons (Fsp3) is 0.348. The molecular formula is C23H20N2O4. The normalized spacial score (nSPS) is 29.3. The zero-order valence-corrected chi connectivity index (χ0v) is 15.9. The molecule has 0 radical (unpaired) electrons. The summed E-state index contributed by atoms with van der Waals surface area (Å²) in [7, 11) is 0. The first-order valence-corrected chi connectivity index (χ1v) is 10.0. The summed E-state index contributed by atoms with van der Waals surface area (Å²) in [6.07, 6.45) is 2.05. The SMILES string of the molecule is Cc1ccc(Oc2ccc(-c3noc(C4C5CC6OC(=O)C4C6C5)n3)cc2)cc1. The maximum Gasteiger partial charge on any atom is 0.310 e. The molecule has 29 heavy (non-hydrogen) atoms. The first-order valence-electron chi connectivity index (χ1n) is 10.0. The van der Waals surface area contributed by atoms with Crippen LogP contribution >= 0.6 is 0 Å². The maximum atomic E-state index is 12.2. The number of carbonyl (C=O) groups excluding carboxylic acids is 1. The van der Waals surface area contributed by atoms with Crippen LogP contribution in [0.3, 0.4) is 0 Å². The Kier molecular flexibility index (Phi) is 3.57. The van der Waals surface area contributed by atoms with Crippen LogP contribution in [0.15, 0.2) is 53.1 Å². The van der Waals surface area contributed by atoms with Crippen molar-refractivity contribution in [1.29, 1.82) is 0 Å². The van der Waals surface area contributed by atoms with Gasteiger partial charge in [-0.15, -0.1) is 0 Å². The van der Waals surface area contributed by atoms with Gasteiger partial charge in [-0.25, -0.2) is 0 Å². The number of nitrogens with zero attached hydrogens (tertiary/aromatic N) is 2. The van der Waals surface area contributed by atoms with E-state index in [0.29, 0.717) is 23.6 Å². The molecule has 1 saturated heterocycles. The third-order valence-electron chi connectivity index (χ3n) is 6.58. The average molecular weight is 388 g/mol. The minimum absolute atomic E-state index is 0.00311. The Morgan fingerprint density at radius 3 is 2.45 bits per heavy atom. The molecule has 5 unspecified atom stereocenters. The van der Waals surface area contributed by atoms with Gasteiger partial charge >= 0.3 is 5.97 Å². The minimum atomic E-state index is -0.114. The minimum Gasteiger partial charge on any atom is -0.462 e. The number of carbonyl (C=O) groups is 1. The standard InChI is InChI=1S/C23H20N2O4/c1-12-2-6-15(7-3-12)27-16-8-4-13(5-9-16)21-24-22(29-25-21)19-14-10-17-18(11-14)28-23(26)20(17)19/h2-9,14,17-20H,10-11H2,1H3. The van der Waals surface area contributed by atoms with Crippen LogP contribution in [0.4, 0.5) is 0 Å². The van der Waals surface area contributed by atoms with Crippen molar-refractivity contribution in [3.05, 3.63) is 60.0 Å². The van der Waals surface area contributed by atoms with E-state index in [1.807, 2.05) is 55.5 Å². The third kappa shape index (κ3) is 2.66. The van der Waals surface area contributed by atoms with Crippen LogP contribution in [-0.2, 0) is 9.53 Å². The Hall–Kier alpha value is -3.15. The lowest BCUT2D eigenvalue weighted by molar-refractivity contribution is -0.143. The number of hydrogen-bond donors (Lipinski definition) is 0. The van der Waals surface area contributed by atoms with Gasteiger partial charge in [0.15, 0.2) is 0 Å². The monoisotopic (exact) mass is 388 g/mol. The number of rotatable bonds is 4. The molecule has 3 aromatic rings. The predicted molar refractivity (Wildman–Crippen MR) is 103 cm³/mol. The number of hydrogen-bond acceptors (Lipinski definition) is 6. The van der Waals surface area contributed by atoms with Gasteiger partial charge in [0.05, 0.1) is 11.8 Å². The van der Waals surface area contributed by atoms with Crippen molar-refractivity contribution in [2.45, 2.75) is 31.8 Å². The van der Waals surface area contributed by atoms with E-state index in [2.05, 4.69) is 10.1 Å². The second-order valence-corrected chi connectivity index (χ2v) is 8.32. The molecule has 6 heteroatoms. The Morgan fingerprint density at radius 2 is 1.69 bits per heavy atom. The second kappa shape index (κ2) is 6.17. The van der Waals surface area contributed by atoms with Gasteiger partial charge in [-0.3, -0.25) is 4.79 Å². The topological polar surface area (TPSA) is 74.5 Å². The lowest BCUT2D eigenvalue weighted by atomic mass is 9.80. The predicted octanol–water partition coefficient (Wildman–Crippen LogP) is 4.50. The van der Waals surface area contributed by atoms with Gasteiger partial charge in [0.1, 0.15) is 17.6 Å². The fourth-order valence-electron chi connectivity index (χ4n) is 5.24. The quantitative estimate of drug-likeness (QED) is 0.613. The van der Waals surface area contributed by atoms with Gasteiger partial charge in [-0.1, -0.05) is 22.9 Å². The molecule has 146 valence electrons. The fourth-order valence-corrected chi connectivity index (χ4v) is 5.24. The molecule has 3 fully saturated rings. The molecule has 1 aliphatic heterocycles. The number of ether oxygens (including phenoxy) is 2. The van der Waals surface area contributed by atoms with Crippen molar-refractivity contribution < 1.29 is 18.8 Å². The molecule has 2 saturated carbocycles. The van der Waals surface area contributed by atoms with Gasteiger partial charge in [0, 0.05) is 11.5 Å². The van der Waals surface area contributed by atoms with Crippen LogP contribution in [0, 0.1) is 24.7 Å². The third-order valence-corrected chi connectivity index (χ3v) is 6.58. The Bertz CT molecular complexity index is 1070. The van der Waals surface area contributed by atoms with Gasteiger partial charge in [-0.05, 0) is 62.1 Å². The molecule has 2 heterocycles. The van der Waals surface area contributed by atoms with E-state index in [0.717, 1.165) is 29.9 Å². The van der Waals surface area contributed by atoms with Gasteiger partial charge < -0.3 is 14.0 Å². The van der Waals surface area contributed by atoms with E-state index in [1.165, 1.54) is 5.56 Å². The first kappa shape index (κ1) is 16.8. The van der Waals surface area contributed by atoms with Crippen LogP contribution in [0.1, 0.15) is 30.2 Å². The van der Waals surface area contributed by atoms with Crippen molar-refractivity contribution in [3.8, 4) is 22.9 Å². The number of fused-ring (bicyclic) bond motifs is 1. The Morgan fingerprint density at radius 1 is 0.966 bits per heavy atom. The van der Waals surface area contributed by atoms with Crippen LogP contribution in [0.5, 0.6) is 11.5 Å². The van der Waals surface area contributed by atoms with Crippen molar-refractivity contribution in [3.63, 3.8) is 0 Å².